The molecule has 25 heavy (non-hydrogen) atoms. The van der Waals surface area contributed by atoms with Crippen LogP contribution in [0.15, 0.2) is 72.9 Å². The van der Waals surface area contributed by atoms with Crippen molar-refractivity contribution in [3.63, 3.8) is 0 Å². The molecule has 0 fully saturated rings. The molecule has 2 aromatic heterocycles. The summed E-state index contributed by atoms with van der Waals surface area (Å²) in [5.74, 6) is 1.06. The Morgan fingerprint density at radius 1 is 0.800 bits per heavy atom. The molecule has 118 valence electrons. The maximum absolute atomic E-state index is 5.11. The van der Waals surface area contributed by atoms with Crippen molar-refractivity contribution >= 4 is 32.6 Å². The molecule has 3 nitrogen and oxygen atoms in total. The van der Waals surface area contributed by atoms with Crippen LogP contribution >= 0.6 is 0 Å². The lowest BCUT2D eigenvalue weighted by atomic mass is 10.00. The van der Waals surface area contributed by atoms with Gasteiger partial charge in [0, 0.05) is 29.8 Å². The summed E-state index contributed by atoms with van der Waals surface area (Å²) in [5, 5.41) is 5.07. The van der Waals surface area contributed by atoms with Crippen LogP contribution in [-0.4, -0.2) is 9.55 Å². The third kappa shape index (κ3) is 1.51. The molecular weight excluding hydrogens is 306 g/mol. The predicted octanol–water partition coefficient (Wildman–Crippen LogP) is 4.68. The van der Waals surface area contributed by atoms with Gasteiger partial charge in [0.15, 0.2) is 6.20 Å². The third-order valence-electron chi connectivity index (χ3n) is 5.46. The Bertz CT molecular complexity index is 1310. The van der Waals surface area contributed by atoms with E-state index in [2.05, 4.69) is 89.0 Å². The van der Waals surface area contributed by atoms with Crippen LogP contribution in [0, 0.1) is 0 Å². The highest BCUT2D eigenvalue weighted by atomic mass is 15.3. The highest BCUT2D eigenvalue weighted by Crippen LogP contribution is 2.39. The molecule has 3 heteroatoms. The van der Waals surface area contributed by atoms with E-state index in [0.717, 1.165) is 11.3 Å². The smallest absolute Gasteiger partial charge is 0.250 e. The molecule has 0 amide bonds. The van der Waals surface area contributed by atoms with E-state index in [1.54, 1.807) is 0 Å². The molecular formula is C22H16N3+. The molecule has 3 aromatic carbocycles. The Morgan fingerprint density at radius 3 is 2.24 bits per heavy atom. The van der Waals surface area contributed by atoms with Crippen LogP contribution in [0.5, 0.6) is 0 Å². The predicted molar refractivity (Wildman–Crippen MR) is 100 cm³/mol. The van der Waals surface area contributed by atoms with E-state index in [1.165, 1.54) is 32.8 Å². The SMILES string of the molecule is CC1n2c(nc3c4ccccc4c4ccccc4c32)-c2cccc[n+]21. The highest BCUT2D eigenvalue weighted by molar-refractivity contribution is 6.23. The lowest BCUT2D eigenvalue weighted by Gasteiger charge is -2.10. The minimum atomic E-state index is 0.223. The second-order valence-electron chi connectivity index (χ2n) is 6.72. The first-order valence-electron chi connectivity index (χ1n) is 8.66. The summed E-state index contributed by atoms with van der Waals surface area (Å²) in [7, 11) is 0. The van der Waals surface area contributed by atoms with Gasteiger partial charge in [0.25, 0.3) is 5.69 Å². The summed E-state index contributed by atoms with van der Waals surface area (Å²) >= 11 is 0. The average Bonchev–Trinajstić information content (AvgIpc) is 3.19. The second kappa shape index (κ2) is 4.45. The first kappa shape index (κ1) is 13.1. The minimum Gasteiger partial charge on any atom is -0.259 e. The van der Waals surface area contributed by atoms with Gasteiger partial charge in [-0.05, 0) is 16.8 Å². The zero-order valence-corrected chi connectivity index (χ0v) is 13.8. The maximum Gasteiger partial charge on any atom is 0.250 e. The Kier molecular flexibility index (Phi) is 2.34. The van der Waals surface area contributed by atoms with E-state index in [1.807, 2.05) is 0 Å². The van der Waals surface area contributed by atoms with Crippen LogP contribution < -0.4 is 4.57 Å². The number of aromatic nitrogens is 3. The summed E-state index contributed by atoms with van der Waals surface area (Å²) < 4.78 is 4.69. The minimum absolute atomic E-state index is 0.223. The van der Waals surface area contributed by atoms with Crippen LogP contribution in [0.3, 0.4) is 0 Å². The molecule has 5 aromatic rings. The van der Waals surface area contributed by atoms with Gasteiger partial charge in [0.05, 0.1) is 11.0 Å². The molecule has 6 rings (SSSR count). The lowest BCUT2D eigenvalue weighted by molar-refractivity contribution is -0.705. The monoisotopic (exact) mass is 322 g/mol. The molecule has 3 heterocycles. The van der Waals surface area contributed by atoms with Crippen molar-refractivity contribution < 1.29 is 4.57 Å². The second-order valence-corrected chi connectivity index (χ2v) is 6.72. The van der Waals surface area contributed by atoms with Gasteiger partial charge in [-0.1, -0.05) is 48.5 Å². The molecule has 0 N–H and O–H groups in total. The summed E-state index contributed by atoms with van der Waals surface area (Å²) in [5.41, 5.74) is 3.52. The van der Waals surface area contributed by atoms with Gasteiger partial charge < -0.3 is 0 Å². The molecule has 0 saturated carbocycles. The molecule has 0 aliphatic carbocycles. The molecule has 1 aliphatic rings. The molecule has 0 spiro atoms. The molecule has 1 unspecified atom stereocenters. The molecule has 1 atom stereocenters. The van der Waals surface area contributed by atoms with Crippen molar-refractivity contribution in [3.8, 4) is 11.5 Å². The number of hydrogen-bond donors (Lipinski definition) is 0. The number of imidazole rings is 1. The quantitative estimate of drug-likeness (QED) is 0.300. The van der Waals surface area contributed by atoms with E-state index in [4.69, 9.17) is 4.98 Å². The van der Waals surface area contributed by atoms with E-state index in [9.17, 15) is 0 Å². The van der Waals surface area contributed by atoms with Gasteiger partial charge in [-0.25, -0.2) is 4.98 Å². The summed E-state index contributed by atoms with van der Waals surface area (Å²) in [6.07, 6.45) is 2.37. The number of pyridine rings is 1. The zero-order valence-electron chi connectivity index (χ0n) is 13.8. The molecule has 0 radical (unpaired) electrons. The van der Waals surface area contributed by atoms with Crippen molar-refractivity contribution in [3.05, 3.63) is 72.9 Å². The van der Waals surface area contributed by atoms with E-state index >= 15 is 0 Å². The normalized spacial score (nSPS) is 15.8. The standard InChI is InChI=1S/C22H16N3/c1-14-24-13-7-6-12-19(24)22-23-20-17-10-4-2-8-15(17)16-9-3-5-11-18(16)21(20)25(14)22/h2-14H,1H3/q+1. The van der Waals surface area contributed by atoms with Crippen molar-refractivity contribution in [1.29, 1.82) is 0 Å². The fraction of sp³-hybridized carbons (Fsp3) is 0.0909. The van der Waals surface area contributed by atoms with Gasteiger partial charge in [-0.15, -0.1) is 0 Å². The van der Waals surface area contributed by atoms with Gasteiger partial charge in [-0.2, -0.15) is 4.57 Å². The molecule has 0 saturated heterocycles. The Hall–Kier alpha value is -3.20. The van der Waals surface area contributed by atoms with Gasteiger partial charge in [0.1, 0.15) is 0 Å². The van der Waals surface area contributed by atoms with E-state index in [0.29, 0.717) is 0 Å². The van der Waals surface area contributed by atoms with Gasteiger partial charge in [-0.3, -0.25) is 4.57 Å². The van der Waals surface area contributed by atoms with E-state index in [-0.39, 0.29) is 6.17 Å². The Morgan fingerprint density at radius 2 is 1.44 bits per heavy atom. The first-order chi connectivity index (χ1) is 12.3. The number of rotatable bonds is 0. The van der Waals surface area contributed by atoms with Crippen molar-refractivity contribution in [1.82, 2.24) is 9.55 Å². The largest absolute Gasteiger partial charge is 0.259 e. The van der Waals surface area contributed by atoms with Crippen molar-refractivity contribution in [2.75, 3.05) is 0 Å². The number of hydrogen-bond acceptors (Lipinski definition) is 1. The van der Waals surface area contributed by atoms with Crippen LogP contribution in [0.1, 0.15) is 13.1 Å². The fourth-order valence-electron chi connectivity index (χ4n) is 4.37. The number of fused-ring (bicyclic) bond motifs is 10. The third-order valence-corrected chi connectivity index (χ3v) is 5.46. The maximum atomic E-state index is 5.11. The van der Waals surface area contributed by atoms with Crippen molar-refractivity contribution in [2.24, 2.45) is 0 Å². The Balaban J connectivity index is 1.92. The number of nitrogens with zero attached hydrogens (tertiary/aromatic N) is 3. The topological polar surface area (TPSA) is 21.7 Å². The van der Waals surface area contributed by atoms with Crippen LogP contribution in [0.4, 0.5) is 0 Å². The zero-order chi connectivity index (χ0) is 16.5. The molecule has 1 aliphatic heterocycles. The van der Waals surface area contributed by atoms with Gasteiger partial charge in [0.2, 0.25) is 12.0 Å². The fourth-order valence-corrected chi connectivity index (χ4v) is 4.37. The molecule has 0 bridgehead atoms. The lowest BCUT2D eigenvalue weighted by Crippen LogP contribution is -2.37. The van der Waals surface area contributed by atoms with Gasteiger partial charge >= 0.3 is 0 Å². The van der Waals surface area contributed by atoms with Crippen LogP contribution in [0.2, 0.25) is 0 Å². The summed E-state index contributed by atoms with van der Waals surface area (Å²) in [6.45, 7) is 2.24. The van der Waals surface area contributed by atoms with E-state index < -0.39 is 0 Å². The van der Waals surface area contributed by atoms with Crippen molar-refractivity contribution in [2.45, 2.75) is 13.1 Å². The van der Waals surface area contributed by atoms with Crippen LogP contribution in [0.25, 0.3) is 44.1 Å². The number of benzene rings is 3. The summed E-state index contributed by atoms with van der Waals surface area (Å²) in [4.78, 5) is 5.11. The Labute approximate surface area is 144 Å². The van der Waals surface area contributed by atoms with Crippen LogP contribution in [-0.2, 0) is 0 Å². The first-order valence-corrected chi connectivity index (χ1v) is 8.66. The average molecular weight is 322 g/mol. The highest BCUT2D eigenvalue weighted by Gasteiger charge is 2.36. The summed E-state index contributed by atoms with van der Waals surface area (Å²) in [6, 6.07) is 23.6.